The first kappa shape index (κ1) is 24.1. The van der Waals surface area contributed by atoms with E-state index in [1.165, 1.54) is 35.9 Å². The van der Waals surface area contributed by atoms with Gasteiger partial charge in [-0.3, -0.25) is 0 Å². The third-order valence-electron chi connectivity index (χ3n) is 5.75. The number of alkyl halides is 3. The normalized spacial score (nSPS) is 16.4. The van der Waals surface area contributed by atoms with Crippen LogP contribution in [-0.2, 0) is 42.8 Å². The lowest BCUT2D eigenvalue weighted by Gasteiger charge is -2.31. The second-order valence-electron chi connectivity index (χ2n) is 7.74. The monoisotopic (exact) mass is 499 g/mol. The van der Waals surface area contributed by atoms with E-state index in [0.29, 0.717) is 30.6 Å². The Balaban J connectivity index is 1.79. The molecule has 0 atom stereocenters. The van der Waals surface area contributed by atoms with Gasteiger partial charge >= 0.3 is 18.1 Å². The second-order valence-corrected chi connectivity index (χ2v) is 8.15. The summed E-state index contributed by atoms with van der Waals surface area (Å²) in [7, 11) is 2.35. The lowest BCUT2D eigenvalue weighted by molar-refractivity contribution is -0.142. The molecule has 182 valence electrons. The van der Waals surface area contributed by atoms with Gasteiger partial charge in [-0.05, 0) is 43.9 Å². The molecule has 0 N–H and O–H groups in total. The first-order valence-electron chi connectivity index (χ1n) is 10.4. The Morgan fingerprint density at radius 3 is 2.47 bits per heavy atom. The van der Waals surface area contributed by atoms with Crippen LogP contribution in [0.3, 0.4) is 0 Å². The molecule has 1 aromatic carbocycles. The molecule has 2 aliphatic rings. The molecule has 1 aliphatic carbocycles. The fraction of sp³-hybridized carbons (Fsp3) is 0.409. The Morgan fingerprint density at radius 2 is 1.82 bits per heavy atom. The number of hydrogen-bond donors (Lipinski definition) is 0. The molecule has 0 spiro atoms. The number of ether oxygens (including phenoxy) is 3. The quantitative estimate of drug-likeness (QED) is 0.591. The second kappa shape index (κ2) is 9.30. The number of carbonyl (C=O) groups excluding carboxylic acids is 2. The van der Waals surface area contributed by atoms with Gasteiger partial charge in [0, 0.05) is 16.9 Å². The molecule has 34 heavy (non-hydrogen) atoms. The van der Waals surface area contributed by atoms with Crippen molar-refractivity contribution in [1.82, 2.24) is 9.78 Å². The van der Waals surface area contributed by atoms with Crippen LogP contribution in [0.2, 0.25) is 5.02 Å². The van der Waals surface area contributed by atoms with Crippen molar-refractivity contribution in [3.8, 4) is 5.69 Å². The van der Waals surface area contributed by atoms with Crippen molar-refractivity contribution in [2.24, 2.45) is 0 Å². The van der Waals surface area contributed by atoms with Crippen LogP contribution in [0.25, 0.3) is 5.69 Å². The molecule has 0 saturated carbocycles. The summed E-state index contributed by atoms with van der Waals surface area (Å²) in [5, 5.41) is 3.97. The number of rotatable bonds is 4. The topological polar surface area (TPSA) is 82.9 Å². The molecule has 1 aliphatic heterocycles. The lowest BCUT2D eigenvalue weighted by Crippen LogP contribution is -2.38. The first-order valence-corrected chi connectivity index (χ1v) is 10.8. The standard InChI is InChI=1S/C22H21ClF3N3O5/c1-32-20(30)14-10-34-11-28(18(14)21(31)33-2)12-7-8-17(15(23)9-12)29-16-6-4-3-5-13(16)19(27-29)22(24,25)26/h7-9H,3-6,10-11H2,1-2H3. The minimum Gasteiger partial charge on any atom is -0.466 e. The fourth-order valence-corrected chi connectivity index (χ4v) is 4.46. The van der Waals surface area contributed by atoms with Gasteiger partial charge in [-0.2, -0.15) is 18.3 Å². The van der Waals surface area contributed by atoms with Gasteiger partial charge in [-0.1, -0.05) is 11.6 Å². The van der Waals surface area contributed by atoms with Crippen LogP contribution < -0.4 is 4.90 Å². The van der Waals surface area contributed by atoms with Gasteiger partial charge in [0.25, 0.3) is 0 Å². The predicted octanol–water partition coefficient (Wildman–Crippen LogP) is 3.82. The summed E-state index contributed by atoms with van der Waals surface area (Å²) in [6.45, 7) is -0.241. The number of benzene rings is 1. The minimum atomic E-state index is -4.57. The van der Waals surface area contributed by atoms with Crippen LogP contribution in [0.1, 0.15) is 29.8 Å². The molecule has 0 bridgehead atoms. The van der Waals surface area contributed by atoms with Gasteiger partial charge in [0.15, 0.2) is 5.69 Å². The van der Waals surface area contributed by atoms with E-state index in [-0.39, 0.29) is 40.9 Å². The number of hydrogen-bond acceptors (Lipinski definition) is 7. The van der Waals surface area contributed by atoms with Crippen LogP contribution in [-0.4, -0.2) is 49.3 Å². The number of esters is 2. The van der Waals surface area contributed by atoms with Gasteiger partial charge in [-0.15, -0.1) is 0 Å². The molecule has 4 rings (SSSR count). The van der Waals surface area contributed by atoms with E-state index in [4.69, 9.17) is 25.8 Å². The third kappa shape index (κ3) is 4.25. The van der Waals surface area contributed by atoms with E-state index < -0.39 is 23.8 Å². The van der Waals surface area contributed by atoms with Crippen LogP contribution in [0.15, 0.2) is 29.5 Å². The number of fused-ring (bicyclic) bond motifs is 1. The van der Waals surface area contributed by atoms with E-state index in [9.17, 15) is 22.8 Å². The number of carbonyl (C=O) groups is 2. The van der Waals surface area contributed by atoms with Crippen molar-refractivity contribution in [2.75, 3.05) is 32.5 Å². The van der Waals surface area contributed by atoms with Crippen LogP contribution >= 0.6 is 11.6 Å². The minimum absolute atomic E-state index is 0.0308. The van der Waals surface area contributed by atoms with Crippen molar-refractivity contribution >= 4 is 29.2 Å². The highest BCUT2D eigenvalue weighted by Crippen LogP contribution is 2.38. The molecule has 2 heterocycles. The zero-order valence-electron chi connectivity index (χ0n) is 18.4. The lowest BCUT2D eigenvalue weighted by atomic mass is 9.95. The van der Waals surface area contributed by atoms with Crippen LogP contribution in [0.4, 0.5) is 18.9 Å². The zero-order chi connectivity index (χ0) is 24.6. The maximum atomic E-state index is 13.6. The zero-order valence-corrected chi connectivity index (χ0v) is 19.1. The molecule has 1 aromatic heterocycles. The highest BCUT2D eigenvalue weighted by molar-refractivity contribution is 6.32. The van der Waals surface area contributed by atoms with E-state index in [2.05, 4.69) is 5.10 Å². The number of nitrogens with zero attached hydrogens (tertiary/aromatic N) is 3. The summed E-state index contributed by atoms with van der Waals surface area (Å²) in [5.74, 6) is -1.53. The molecule has 0 radical (unpaired) electrons. The molecule has 0 fully saturated rings. The number of aromatic nitrogens is 2. The molecular weight excluding hydrogens is 479 g/mol. The largest absolute Gasteiger partial charge is 0.466 e. The summed E-state index contributed by atoms with van der Waals surface area (Å²) >= 11 is 6.50. The van der Waals surface area contributed by atoms with E-state index in [0.717, 1.165) is 6.42 Å². The smallest absolute Gasteiger partial charge is 0.435 e. The Kier molecular flexibility index (Phi) is 6.59. The van der Waals surface area contributed by atoms with Gasteiger partial charge in [0.05, 0.1) is 37.1 Å². The van der Waals surface area contributed by atoms with Crippen molar-refractivity contribution in [2.45, 2.75) is 31.9 Å². The van der Waals surface area contributed by atoms with Crippen LogP contribution in [0, 0.1) is 0 Å². The predicted molar refractivity (Wildman–Crippen MR) is 115 cm³/mol. The number of methoxy groups -OCH3 is 2. The molecule has 0 unspecified atom stereocenters. The van der Waals surface area contributed by atoms with E-state index in [1.807, 2.05) is 0 Å². The fourth-order valence-electron chi connectivity index (χ4n) is 4.21. The van der Waals surface area contributed by atoms with Crippen molar-refractivity contribution in [1.29, 1.82) is 0 Å². The van der Waals surface area contributed by atoms with E-state index >= 15 is 0 Å². The average molecular weight is 500 g/mol. The summed E-state index contributed by atoms with van der Waals surface area (Å²) in [4.78, 5) is 26.0. The summed E-state index contributed by atoms with van der Waals surface area (Å²) in [6.07, 6.45) is -2.41. The van der Waals surface area contributed by atoms with Crippen molar-refractivity contribution in [3.05, 3.63) is 51.4 Å². The summed E-state index contributed by atoms with van der Waals surface area (Å²) in [5.41, 5.74) is 0.322. The van der Waals surface area contributed by atoms with Gasteiger partial charge in [-0.25, -0.2) is 14.3 Å². The SMILES string of the molecule is COC(=O)C1=C(C(=O)OC)N(c2ccc(-n3nc(C(F)(F)F)c4c3CCCC4)c(Cl)c2)COC1. The molecule has 2 aromatic rings. The Hall–Kier alpha value is -3.05. The summed E-state index contributed by atoms with van der Waals surface area (Å²) in [6, 6.07) is 4.53. The van der Waals surface area contributed by atoms with Gasteiger partial charge < -0.3 is 19.1 Å². The van der Waals surface area contributed by atoms with Crippen molar-refractivity contribution in [3.63, 3.8) is 0 Å². The average Bonchev–Trinajstić information content (AvgIpc) is 3.22. The third-order valence-corrected chi connectivity index (χ3v) is 6.06. The molecular formula is C22H21ClF3N3O5. The number of halogens is 4. The molecule has 12 heteroatoms. The maximum absolute atomic E-state index is 13.6. The van der Waals surface area contributed by atoms with Crippen LogP contribution in [0.5, 0.6) is 0 Å². The highest BCUT2D eigenvalue weighted by atomic mass is 35.5. The molecule has 0 saturated heterocycles. The Labute approximate surface area is 197 Å². The van der Waals surface area contributed by atoms with Gasteiger partial charge in [0.2, 0.25) is 0 Å². The van der Waals surface area contributed by atoms with Gasteiger partial charge in [0.1, 0.15) is 12.4 Å². The Bertz CT molecular complexity index is 1180. The number of anilines is 1. The molecule has 8 nitrogen and oxygen atoms in total. The summed E-state index contributed by atoms with van der Waals surface area (Å²) < 4.78 is 57.0. The van der Waals surface area contributed by atoms with Crippen molar-refractivity contribution < 1.29 is 37.0 Å². The first-order chi connectivity index (χ1) is 16.2. The Morgan fingerprint density at radius 1 is 1.12 bits per heavy atom. The maximum Gasteiger partial charge on any atom is 0.435 e. The van der Waals surface area contributed by atoms with E-state index in [1.54, 1.807) is 6.07 Å². The highest BCUT2D eigenvalue weighted by Gasteiger charge is 2.40. The molecule has 0 amide bonds.